The Bertz CT molecular complexity index is 1560. The maximum Gasteiger partial charge on any atom is 0.350 e. The van der Waals surface area contributed by atoms with Gasteiger partial charge in [-0.2, -0.15) is 0 Å². The molecule has 0 saturated carbocycles. The van der Waals surface area contributed by atoms with Gasteiger partial charge in [0.1, 0.15) is 28.2 Å². The van der Waals surface area contributed by atoms with Crippen molar-refractivity contribution in [1.82, 2.24) is 4.98 Å². The van der Waals surface area contributed by atoms with E-state index in [9.17, 15) is 19.5 Å². The van der Waals surface area contributed by atoms with Gasteiger partial charge in [0.15, 0.2) is 5.13 Å². The van der Waals surface area contributed by atoms with E-state index in [1.165, 1.54) is 12.0 Å². The van der Waals surface area contributed by atoms with E-state index in [4.69, 9.17) is 14.2 Å². The topological polar surface area (TPSA) is 115 Å². The summed E-state index contributed by atoms with van der Waals surface area (Å²) in [6.07, 6.45) is 1.53. The van der Waals surface area contributed by atoms with Gasteiger partial charge in [-0.3, -0.25) is 14.5 Å². The molecule has 0 spiro atoms. The molecule has 1 fully saturated rings. The average molecular weight is 577 g/mol. The number of carbonyl (C=O) groups is 3. The van der Waals surface area contributed by atoms with Crippen molar-refractivity contribution in [3.05, 3.63) is 75.3 Å². The molecule has 5 rings (SSSR count). The first-order chi connectivity index (χ1) is 19.6. The van der Waals surface area contributed by atoms with Crippen molar-refractivity contribution in [1.29, 1.82) is 0 Å². The van der Waals surface area contributed by atoms with Crippen LogP contribution >= 0.6 is 11.3 Å². The molecule has 2 aliphatic rings. The second kappa shape index (κ2) is 11.4. The summed E-state index contributed by atoms with van der Waals surface area (Å²) >= 11 is 0.956. The first-order valence-corrected chi connectivity index (χ1v) is 14.3. The van der Waals surface area contributed by atoms with E-state index in [-0.39, 0.29) is 27.4 Å². The van der Waals surface area contributed by atoms with Crippen LogP contribution in [-0.4, -0.2) is 47.6 Å². The van der Waals surface area contributed by atoms with Crippen LogP contribution < -0.4 is 14.4 Å². The molecule has 9 nitrogen and oxygen atoms in total. The van der Waals surface area contributed by atoms with Gasteiger partial charge < -0.3 is 19.3 Å². The van der Waals surface area contributed by atoms with Crippen molar-refractivity contribution in [3.8, 4) is 11.5 Å². The molecule has 41 heavy (non-hydrogen) atoms. The van der Waals surface area contributed by atoms with E-state index in [1.807, 2.05) is 6.92 Å². The number of esters is 1. The van der Waals surface area contributed by atoms with Crippen molar-refractivity contribution in [2.24, 2.45) is 5.92 Å². The van der Waals surface area contributed by atoms with Crippen LogP contribution in [0, 0.1) is 12.8 Å². The van der Waals surface area contributed by atoms with Gasteiger partial charge >= 0.3 is 11.9 Å². The number of thiazole rings is 1. The monoisotopic (exact) mass is 576 g/mol. The van der Waals surface area contributed by atoms with Gasteiger partial charge in [-0.25, -0.2) is 9.78 Å². The highest BCUT2D eigenvalue weighted by Crippen LogP contribution is 2.45. The minimum absolute atomic E-state index is 0.00330. The van der Waals surface area contributed by atoms with Crippen LogP contribution in [0.25, 0.3) is 5.76 Å². The van der Waals surface area contributed by atoms with E-state index in [0.29, 0.717) is 41.5 Å². The normalized spacial score (nSPS) is 19.4. The second-order valence-electron chi connectivity index (χ2n) is 10.6. The van der Waals surface area contributed by atoms with E-state index in [0.717, 1.165) is 29.1 Å². The van der Waals surface area contributed by atoms with Gasteiger partial charge in [-0.05, 0) is 67.6 Å². The first-order valence-electron chi connectivity index (χ1n) is 13.5. The molecule has 2 atom stereocenters. The predicted molar refractivity (Wildman–Crippen MR) is 155 cm³/mol. The molecule has 2 aliphatic heterocycles. The Labute approximate surface area is 242 Å². The fourth-order valence-electron chi connectivity index (χ4n) is 5.02. The van der Waals surface area contributed by atoms with Crippen LogP contribution in [0.15, 0.2) is 48.0 Å². The number of hydrogen-bond acceptors (Lipinski definition) is 9. The summed E-state index contributed by atoms with van der Waals surface area (Å²) < 4.78 is 16.6. The van der Waals surface area contributed by atoms with E-state index in [2.05, 4.69) is 18.8 Å². The molecule has 0 unspecified atom stereocenters. The lowest BCUT2D eigenvalue weighted by Crippen LogP contribution is -2.29. The third-order valence-corrected chi connectivity index (χ3v) is 8.25. The van der Waals surface area contributed by atoms with Crippen molar-refractivity contribution in [3.63, 3.8) is 0 Å². The number of ketones is 1. The van der Waals surface area contributed by atoms with Gasteiger partial charge in [-0.1, -0.05) is 37.3 Å². The summed E-state index contributed by atoms with van der Waals surface area (Å²) in [5.41, 5.74) is 2.16. The predicted octanol–water partition coefficient (Wildman–Crippen LogP) is 5.61. The van der Waals surface area contributed by atoms with Gasteiger partial charge in [0.2, 0.25) is 0 Å². The summed E-state index contributed by atoms with van der Waals surface area (Å²) in [5.74, 6) is -0.834. The fourth-order valence-corrected chi connectivity index (χ4v) is 6.04. The Morgan fingerprint density at radius 1 is 1.22 bits per heavy atom. The fraction of sp³-hybridized carbons (Fsp3) is 0.355. The molecule has 1 N–H and O–H groups in total. The number of anilines is 1. The lowest BCUT2D eigenvalue weighted by molar-refractivity contribution is -0.132. The largest absolute Gasteiger partial charge is 0.507 e. The van der Waals surface area contributed by atoms with E-state index >= 15 is 0 Å². The zero-order valence-corrected chi connectivity index (χ0v) is 24.4. The van der Waals surface area contributed by atoms with Crippen LogP contribution in [0.5, 0.6) is 11.5 Å². The van der Waals surface area contributed by atoms with Gasteiger partial charge in [0.05, 0.1) is 31.0 Å². The lowest BCUT2D eigenvalue weighted by Gasteiger charge is -2.23. The molecule has 1 aromatic heterocycles. The molecule has 3 aromatic rings. The SMILES string of the molecule is COC(=O)c1sc(N2C(=O)C(=O)/C(=C(/O)c3ccc4c(c3)C[C@@H](C)O4)[C@@H]2c2cccc(OCCC(C)C)c2)nc1C. The first kappa shape index (κ1) is 28.4. The number of aliphatic hydroxyl groups is 1. The maximum atomic E-state index is 13.6. The Hall–Kier alpha value is -4.18. The number of fused-ring (bicyclic) bond motifs is 1. The van der Waals surface area contributed by atoms with Crippen molar-refractivity contribution < 1.29 is 33.7 Å². The molecule has 0 radical (unpaired) electrons. The molecule has 3 heterocycles. The van der Waals surface area contributed by atoms with Gasteiger partial charge in [0, 0.05) is 12.0 Å². The molecule has 0 bridgehead atoms. The highest BCUT2D eigenvalue weighted by Gasteiger charge is 2.48. The number of benzene rings is 2. The lowest BCUT2D eigenvalue weighted by atomic mass is 9.94. The van der Waals surface area contributed by atoms with Crippen molar-refractivity contribution in [2.45, 2.75) is 52.7 Å². The Morgan fingerprint density at radius 2 is 2.00 bits per heavy atom. The molecule has 1 amide bonds. The van der Waals surface area contributed by atoms with Crippen LogP contribution in [0.3, 0.4) is 0 Å². The number of nitrogens with zero attached hydrogens (tertiary/aromatic N) is 2. The highest BCUT2D eigenvalue weighted by molar-refractivity contribution is 7.17. The minimum Gasteiger partial charge on any atom is -0.507 e. The number of aromatic nitrogens is 1. The summed E-state index contributed by atoms with van der Waals surface area (Å²) in [6.45, 7) is 8.31. The molecular weight excluding hydrogens is 544 g/mol. The standard InChI is InChI=1S/C31H32N2O7S/c1-16(2)11-12-39-22-8-6-7-19(15-22)25-24(26(34)20-9-10-23-21(14-20)13-17(3)40-23)27(35)29(36)33(25)31-32-18(4)28(41-31)30(37)38-5/h6-10,14-17,25,34H,11-13H2,1-5H3/b26-24+/t17-,25+/m1/s1. The van der Waals surface area contributed by atoms with Crippen LogP contribution in [0.2, 0.25) is 0 Å². The molecule has 214 valence electrons. The van der Waals surface area contributed by atoms with Crippen molar-refractivity contribution in [2.75, 3.05) is 18.6 Å². The molecule has 0 aliphatic carbocycles. The third kappa shape index (κ3) is 5.44. The number of hydrogen-bond donors (Lipinski definition) is 1. The van der Waals surface area contributed by atoms with E-state index < -0.39 is 23.7 Å². The minimum atomic E-state index is -1.01. The molecular formula is C31H32N2O7S. The number of rotatable bonds is 8. The molecule has 2 aromatic carbocycles. The summed E-state index contributed by atoms with van der Waals surface area (Å²) in [6, 6.07) is 11.3. The number of ether oxygens (including phenoxy) is 3. The van der Waals surface area contributed by atoms with Crippen LogP contribution in [-0.2, 0) is 20.7 Å². The average Bonchev–Trinajstić information content (AvgIpc) is 3.59. The van der Waals surface area contributed by atoms with Crippen LogP contribution in [0.4, 0.5) is 5.13 Å². The quantitative estimate of drug-likeness (QED) is 0.159. The maximum absolute atomic E-state index is 13.6. The number of amides is 1. The summed E-state index contributed by atoms with van der Waals surface area (Å²) in [7, 11) is 1.26. The Balaban J connectivity index is 1.64. The number of Topliss-reactive ketones (excluding diaryl/α,β-unsaturated/α-hetero) is 1. The number of aliphatic hydroxyl groups excluding tert-OH is 1. The van der Waals surface area contributed by atoms with Crippen molar-refractivity contribution >= 4 is 39.9 Å². The van der Waals surface area contributed by atoms with Gasteiger partial charge in [-0.15, -0.1) is 0 Å². The third-order valence-electron chi connectivity index (χ3n) is 7.11. The van der Waals surface area contributed by atoms with Gasteiger partial charge in [0.25, 0.3) is 5.78 Å². The second-order valence-corrected chi connectivity index (χ2v) is 11.6. The van der Waals surface area contributed by atoms with Crippen LogP contribution in [0.1, 0.15) is 65.3 Å². The summed E-state index contributed by atoms with van der Waals surface area (Å²) in [5, 5.41) is 11.7. The number of aryl methyl sites for hydroxylation is 1. The Morgan fingerprint density at radius 3 is 2.73 bits per heavy atom. The van der Waals surface area contributed by atoms with E-state index in [1.54, 1.807) is 49.4 Å². The zero-order chi connectivity index (χ0) is 29.4. The molecule has 10 heteroatoms. The smallest absolute Gasteiger partial charge is 0.350 e. The number of carbonyl (C=O) groups excluding carboxylic acids is 3. The Kier molecular flexibility index (Phi) is 7.86. The molecule has 1 saturated heterocycles. The summed E-state index contributed by atoms with van der Waals surface area (Å²) in [4.78, 5) is 45.4. The zero-order valence-electron chi connectivity index (χ0n) is 23.6. The highest BCUT2D eigenvalue weighted by atomic mass is 32.1. The number of methoxy groups -OCH3 is 1.